The first-order valence-electron chi connectivity index (χ1n) is 14.0. The third-order valence-electron chi connectivity index (χ3n) is 11.8. The first-order valence-corrected chi connectivity index (χ1v) is 14.0. The number of allylic oxidation sites excluding steroid dienone is 4. The van der Waals surface area contributed by atoms with Gasteiger partial charge in [-0.05, 0) is 86.9 Å². The van der Waals surface area contributed by atoms with Gasteiger partial charge >= 0.3 is 5.97 Å². The minimum Gasteiger partial charge on any atom is -0.469 e. The normalized spacial score (nSPS) is 44.6. The maximum atomic E-state index is 13.1. The van der Waals surface area contributed by atoms with Gasteiger partial charge in [0, 0.05) is 12.3 Å². The number of carbonyl (C=O) groups excluding carboxylic acids is 2. The Morgan fingerprint density at radius 3 is 2.53 bits per heavy atom. The molecule has 0 aromatic heterocycles. The highest BCUT2D eigenvalue weighted by atomic mass is 16.5. The molecule has 4 rings (SSSR count). The van der Waals surface area contributed by atoms with Crippen molar-refractivity contribution in [3.63, 3.8) is 0 Å². The van der Waals surface area contributed by atoms with Gasteiger partial charge in [0.05, 0.1) is 31.2 Å². The van der Waals surface area contributed by atoms with E-state index in [0.717, 1.165) is 32.1 Å². The van der Waals surface area contributed by atoms with E-state index in [-0.39, 0.29) is 52.4 Å². The molecule has 0 radical (unpaired) electrons. The van der Waals surface area contributed by atoms with Gasteiger partial charge in [-0.1, -0.05) is 51.0 Å². The summed E-state index contributed by atoms with van der Waals surface area (Å²) in [4.78, 5) is 26.0. The number of aliphatic hydroxyl groups is 2. The van der Waals surface area contributed by atoms with Gasteiger partial charge in [0.2, 0.25) is 0 Å². The zero-order valence-corrected chi connectivity index (χ0v) is 23.5. The molecule has 4 aliphatic rings. The van der Waals surface area contributed by atoms with Crippen LogP contribution < -0.4 is 0 Å². The van der Waals surface area contributed by atoms with Crippen molar-refractivity contribution in [1.82, 2.24) is 0 Å². The Morgan fingerprint density at radius 2 is 1.92 bits per heavy atom. The van der Waals surface area contributed by atoms with E-state index < -0.39 is 11.5 Å². The molecule has 202 valence electrons. The van der Waals surface area contributed by atoms with Crippen molar-refractivity contribution in [1.29, 1.82) is 0 Å². The van der Waals surface area contributed by atoms with Gasteiger partial charge in [-0.25, -0.2) is 0 Å². The van der Waals surface area contributed by atoms with Crippen LogP contribution in [0.3, 0.4) is 0 Å². The lowest BCUT2D eigenvalue weighted by Gasteiger charge is -2.63. The number of fused-ring (bicyclic) bond motifs is 5. The Labute approximate surface area is 217 Å². The largest absolute Gasteiger partial charge is 0.469 e. The zero-order valence-electron chi connectivity index (χ0n) is 23.5. The number of methoxy groups -OCH3 is 1. The van der Waals surface area contributed by atoms with Crippen LogP contribution in [-0.2, 0) is 14.3 Å². The van der Waals surface area contributed by atoms with Crippen molar-refractivity contribution in [3.05, 3.63) is 23.3 Å². The molecule has 0 aromatic carbocycles. The van der Waals surface area contributed by atoms with E-state index >= 15 is 0 Å². The van der Waals surface area contributed by atoms with E-state index in [1.165, 1.54) is 18.3 Å². The van der Waals surface area contributed by atoms with Crippen LogP contribution in [0, 0.1) is 45.3 Å². The number of esters is 1. The van der Waals surface area contributed by atoms with Crippen LogP contribution in [0.1, 0.15) is 92.9 Å². The summed E-state index contributed by atoms with van der Waals surface area (Å²) >= 11 is 0. The average molecular weight is 501 g/mol. The molecule has 9 unspecified atom stereocenters. The molecule has 5 nitrogen and oxygen atoms in total. The summed E-state index contributed by atoms with van der Waals surface area (Å²) in [7, 11) is 1.46. The Morgan fingerprint density at radius 1 is 1.22 bits per heavy atom. The molecule has 0 spiro atoms. The standard InChI is InChI=1S/C31H48O5/c1-19(2)9-8-10-20(27(35)36-7)26-23(33)17-31(6)22-11-12-24-28(3,21(22)13-16-30(26,31)5)15-14-25(34)29(24,4)18-32/h9,11,20-21,23-24,26,32-33H,8,10,12-18H2,1-7H3. The number of ether oxygens (including phenoxy) is 1. The number of hydrogen-bond acceptors (Lipinski definition) is 5. The van der Waals surface area contributed by atoms with Crippen molar-refractivity contribution >= 4 is 11.8 Å². The second-order valence-corrected chi connectivity index (χ2v) is 13.6. The maximum absolute atomic E-state index is 13.1. The van der Waals surface area contributed by atoms with Gasteiger partial charge in [-0.3, -0.25) is 9.59 Å². The van der Waals surface area contributed by atoms with Crippen molar-refractivity contribution in [3.8, 4) is 0 Å². The number of Topliss-reactive ketones (excluding diaryl/α,β-unsaturated/α-hetero) is 1. The summed E-state index contributed by atoms with van der Waals surface area (Å²) in [6.45, 7) is 13.0. The molecular formula is C31H48O5. The average Bonchev–Trinajstić information content (AvgIpc) is 3.04. The predicted octanol–water partition coefficient (Wildman–Crippen LogP) is 5.64. The molecule has 2 N–H and O–H groups in total. The monoisotopic (exact) mass is 500 g/mol. The summed E-state index contributed by atoms with van der Waals surface area (Å²) in [6, 6.07) is 0. The molecule has 4 aliphatic carbocycles. The van der Waals surface area contributed by atoms with E-state index in [9.17, 15) is 19.8 Å². The van der Waals surface area contributed by atoms with Crippen LogP contribution in [0.2, 0.25) is 0 Å². The molecule has 3 fully saturated rings. The Hall–Kier alpha value is -1.46. The van der Waals surface area contributed by atoms with Crippen molar-refractivity contribution in [2.45, 2.75) is 99.0 Å². The molecule has 9 atom stereocenters. The van der Waals surface area contributed by atoms with E-state index in [1.54, 1.807) is 0 Å². The van der Waals surface area contributed by atoms with Gasteiger partial charge in [0.1, 0.15) is 5.78 Å². The summed E-state index contributed by atoms with van der Waals surface area (Å²) in [5.41, 5.74) is 1.50. The van der Waals surface area contributed by atoms with Crippen LogP contribution >= 0.6 is 0 Å². The molecule has 3 saturated carbocycles. The van der Waals surface area contributed by atoms with Gasteiger partial charge < -0.3 is 14.9 Å². The van der Waals surface area contributed by atoms with Crippen molar-refractivity contribution in [2.24, 2.45) is 45.3 Å². The molecule has 36 heavy (non-hydrogen) atoms. The summed E-state index contributed by atoms with van der Waals surface area (Å²) < 4.78 is 5.29. The molecule has 0 aliphatic heterocycles. The lowest BCUT2D eigenvalue weighted by atomic mass is 9.41. The second-order valence-electron chi connectivity index (χ2n) is 13.6. The molecule has 0 amide bonds. The fourth-order valence-electron chi connectivity index (χ4n) is 9.51. The fourth-order valence-corrected chi connectivity index (χ4v) is 9.51. The number of aliphatic hydroxyl groups excluding tert-OH is 2. The molecule has 5 heteroatoms. The first-order chi connectivity index (χ1) is 16.8. The zero-order chi connectivity index (χ0) is 26.7. The molecule has 0 saturated heterocycles. The molecular weight excluding hydrogens is 452 g/mol. The van der Waals surface area contributed by atoms with Gasteiger partial charge in [-0.15, -0.1) is 0 Å². The van der Waals surface area contributed by atoms with Gasteiger partial charge in [0.15, 0.2) is 0 Å². The number of rotatable bonds is 6. The highest BCUT2D eigenvalue weighted by Gasteiger charge is 2.68. The van der Waals surface area contributed by atoms with E-state index in [4.69, 9.17) is 4.74 Å². The number of carbonyl (C=O) groups is 2. The molecule has 0 aromatic rings. The van der Waals surface area contributed by atoms with Crippen molar-refractivity contribution in [2.75, 3.05) is 13.7 Å². The highest BCUT2D eigenvalue weighted by molar-refractivity contribution is 5.86. The lowest BCUT2D eigenvalue weighted by Crippen LogP contribution is -2.59. The smallest absolute Gasteiger partial charge is 0.309 e. The fraction of sp³-hybridized carbons (Fsp3) is 0.806. The van der Waals surface area contributed by atoms with Gasteiger partial charge in [-0.2, -0.15) is 0 Å². The Balaban J connectivity index is 1.73. The highest BCUT2D eigenvalue weighted by Crippen LogP contribution is 2.73. The molecule has 0 heterocycles. The summed E-state index contributed by atoms with van der Waals surface area (Å²) in [5, 5.41) is 21.9. The van der Waals surface area contributed by atoms with Crippen LogP contribution in [-0.4, -0.2) is 41.8 Å². The molecule has 0 bridgehead atoms. The quantitative estimate of drug-likeness (QED) is 0.364. The first kappa shape index (κ1) is 27.6. The summed E-state index contributed by atoms with van der Waals surface area (Å²) in [5.74, 6) is -0.0220. The third-order valence-corrected chi connectivity index (χ3v) is 11.8. The number of hydrogen-bond donors (Lipinski definition) is 2. The topological polar surface area (TPSA) is 83.8 Å². The maximum Gasteiger partial charge on any atom is 0.309 e. The van der Waals surface area contributed by atoms with E-state index in [0.29, 0.717) is 25.2 Å². The Bertz CT molecular complexity index is 962. The van der Waals surface area contributed by atoms with Gasteiger partial charge in [0.25, 0.3) is 0 Å². The minimum absolute atomic E-state index is 0.0476. The SMILES string of the molecule is COC(=O)C(CCC=C(C)C)C1C(O)CC2(C)C3=CCC4C(C)(CO)C(=O)CCC4(C)C3CCC12C. The minimum atomic E-state index is -0.685. The third kappa shape index (κ3) is 3.78. The Kier molecular flexibility index (Phi) is 7.18. The van der Waals surface area contributed by atoms with Crippen LogP contribution in [0.25, 0.3) is 0 Å². The van der Waals surface area contributed by atoms with Crippen LogP contribution in [0.4, 0.5) is 0 Å². The van der Waals surface area contributed by atoms with E-state index in [2.05, 4.69) is 46.8 Å². The van der Waals surface area contributed by atoms with Crippen molar-refractivity contribution < 1.29 is 24.5 Å². The number of ketones is 1. The van der Waals surface area contributed by atoms with Crippen LogP contribution in [0.5, 0.6) is 0 Å². The van der Waals surface area contributed by atoms with Crippen LogP contribution in [0.15, 0.2) is 23.3 Å². The van der Waals surface area contributed by atoms with E-state index in [1.807, 2.05) is 6.92 Å². The summed E-state index contributed by atoms with van der Waals surface area (Å²) in [6.07, 6.45) is 10.2. The lowest BCUT2D eigenvalue weighted by molar-refractivity contribution is -0.156. The second kappa shape index (κ2) is 9.38. The predicted molar refractivity (Wildman–Crippen MR) is 141 cm³/mol.